The lowest BCUT2D eigenvalue weighted by molar-refractivity contribution is -0.123. The Labute approximate surface area is 70.5 Å². The molecular formula is C7H11N3O2. The molecule has 0 fully saturated rings. The van der Waals surface area contributed by atoms with Crippen LogP contribution in [-0.4, -0.2) is 11.9 Å². The van der Waals surface area contributed by atoms with E-state index in [1.807, 2.05) is 5.32 Å². The number of nitrogens with zero attached hydrogens (tertiary/aromatic N) is 1. The summed E-state index contributed by atoms with van der Waals surface area (Å²) in [6.45, 7) is 3.43. The van der Waals surface area contributed by atoms with Crippen molar-refractivity contribution in [3.63, 3.8) is 0 Å². The first-order valence-corrected chi connectivity index (χ1v) is 3.49. The van der Waals surface area contributed by atoms with E-state index in [9.17, 15) is 9.59 Å². The summed E-state index contributed by atoms with van der Waals surface area (Å²) in [6, 6.07) is 0.857. The Bertz CT molecular complexity index is 229. The van der Waals surface area contributed by atoms with Crippen LogP contribution in [0.1, 0.15) is 13.8 Å². The van der Waals surface area contributed by atoms with Gasteiger partial charge in [0.05, 0.1) is 6.07 Å². The highest BCUT2D eigenvalue weighted by Gasteiger charge is 2.22. The third kappa shape index (κ3) is 3.01. The Kier molecular flexibility index (Phi) is 3.77. The molecule has 0 bridgehead atoms. The maximum absolute atomic E-state index is 11.0. The fourth-order valence-corrected chi connectivity index (χ4v) is 0.710. The van der Waals surface area contributed by atoms with E-state index in [1.54, 1.807) is 19.9 Å². The van der Waals surface area contributed by atoms with Crippen LogP contribution in [0.5, 0.6) is 0 Å². The van der Waals surface area contributed by atoms with Gasteiger partial charge in [-0.3, -0.25) is 10.1 Å². The number of hydrogen-bond acceptors (Lipinski definition) is 3. The monoisotopic (exact) mass is 169 g/mol. The van der Waals surface area contributed by atoms with Crippen molar-refractivity contribution in [3.8, 4) is 6.07 Å². The number of primary amides is 1. The molecule has 0 aliphatic heterocycles. The van der Waals surface area contributed by atoms with Gasteiger partial charge in [-0.1, -0.05) is 13.8 Å². The second kappa shape index (κ2) is 4.34. The Morgan fingerprint density at radius 1 is 1.50 bits per heavy atom. The molecule has 66 valence electrons. The summed E-state index contributed by atoms with van der Waals surface area (Å²) in [7, 11) is 0. The molecule has 0 aromatic rings. The Morgan fingerprint density at radius 2 is 2.00 bits per heavy atom. The van der Waals surface area contributed by atoms with Gasteiger partial charge in [0.15, 0.2) is 0 Å². The maximum Gasteiger partial charge on any atom is 0.318 e. The molecule has 0 aliphatic carbocycles. The molecule has 0 aromatic carbocycles. The first kappa shape index (κ1) is 10.4. The number of hydrogen-bond donors (Lipinski definition) is 2. The van der Waals surface area contributed by atoms with Gasteiger partial charge in [0.2, 0.25) is 5.91 Å². The summed E-state index contributed by atoms with van der Waals surface area (Å²) in [6.07, 6.45) is 0. The Morgan fingerprint density at radius 3 is 2.25 bits per heavy atom. The van der Waals surface area contributed by atoms with Crippen molar-refractivity contribution in [1.82, 2.24) is 5.32 Å². The van der Waals surface area contributed by atoms with Crippen LogP contribution >= 0.6 is 0 Å². The topological polar surface area (TPSA) is 96.0 Å². The summed E-state index contributed by atoms with van der Waals surface area (Å²) >= 11 is 0. The number of imide groups is 1. The number of rotatable bonds is 2. The number of carbonyl (C=O) groups is 2. The predicted octanol–water partition coefficient (Wildman–Crippen LogP) is -0.0229. The van der Waals surface area contributed by atoms with Crippen LogP contribution in [0.25, 0.3) is 0 Å². The highest BCUT2D eigenvalue weighted by Crippen LogP contribution is 2.08. The number of nitriles is 1. The van der Waals surface area contributed by atoms with Gasteiger partial charge in [0.1, 0.15) is 5.92 Å². The van der Waals surface area contributed by atoms with Gasteiger partial charge in [0.25, 0.3) is 0 Å². The lowest BCUT2D eigenvalue weighted by Gasteiger charge is -2.10. The van der Waals surface area contributed by atoms with Gasteiger partial charge in [-0.15, -0.1) is 0 Å². The molecule has 3 N–H and O–H groups in total. The second-order valence-corrected chi connectivity index (χ2v) is 2.70. The first-order valence-electron chi connectivity index (χ1n) is 3.49. The second-order valence-electron chi connectivity index (χ2n) is 2.70. The Hall–Kier alpha value is -1.57. The minimum absolute atomic E-state index is 0.130. The lowest BCUT2D eigenvalue weighted by atomic mass is 9.97. The van der Waals surface area contributed by atoms with Crippen LogP contribution in [0, 0.1) is 23.2 Å². The molecule has 5 heteroatoms. The number of urea groups is 1. The molecule has 3 amide bonds. The van der Waals surface area contributed by atoms with Gasteiger partial charge in [-0.25, -0.2) is 4.79 Å². The first-order chi connectivity index (χ1) is 5.49. The van der Waals surface area contributed by atoms with E-state index in [0.717, 1.165) is 0 Å². The van der Waals surface area contributed by atoms with Gasteiger partial charge in [0, 0.05) is 0 Å². The fraction of sp³-hybridized carbons (Fsp3) is 0.571. The SMILES string of the molecule is CC(C)C(C#N)C(=O)NC(N)=O. The average Bonchev–Trinajstić information content (AvgIpc) is 1.85. The fourth-order valence-electron chi connectivity index (χ4n) is 0.710. The van der Waals surface area contributed by atoms with E-state index in [-0.39, 0.29) is 5.92 Å². The minimum atomic E-state index is -0.930. The van der Waals surface area contributed by atoms with Gasteiger partial charge in [-0.05, 0) is 5.92 Å². The van der Waals surface area contributed by atoms with Gasteiger partial charge >= 0.3 is 6.03 Å². The summed E-state index contributed by atoms with van der Waals surface area (Å²) in [5, 5.41) is 10.4. The van der Waals surface area contributed by atoms with E-state index in [1.165, 1.54) is 0 Å². The molecule has 0 aliphatic rings. The lowest BCUT2D eigenvalue weighted by Crippen LogP contribution is -2.40. The quantitative estimate of drug-likeness (QED) is 0.607. The van der Waals surface area contributed by atoms with Gasteiger partial charge < -0.3 is 5.73 Å². The summed E-state index contributed by atoms with van der Waals surface area (Å²) in [5.41, 5.74) is 4.71. The van der Waals surface area contributed by atoms with E-state index < -0.39 is 17.9 Å². The van der Waals surface area contributed by atoms with E-state index in [0.29, 0.717) is 0 Å². The Balaban J connectivity index is 4.25. The zero-order chi connectivity index (χ0) is 9.72. The van der Waals surface area contributed by atoms with E-state index in [4.69, 9.17) is 11.0 Å². The average molecular weight is 169 g/mol. The van der Waals surface area contributed by atoms with Crippen LogP contribution in [0.3, 0.4) is 0 Å². The minimum Gasteiger partial charge on any atom is -0.351 e. The van der Waals surface area contributed by atoms with Crippen molar-refractivity contribution in [2.75, 3.05) is 0 Å². The zero-order valence-electron chi connectivity index (χ0n) is 7.00. The van der Waals surface area contributed by atoms with Crippen molar-refractivity contribution in [2.24, 2.45) is 17.6 Å². The standard InChI is InChI=1S/C7H11N3O2/c1-4(2)5(3-8)6(11)10-7(9)12/h4-5H,1-2H3,(H3,9,10,11,12). The van der Waals surface area contributed by atoms with Crippen molar-refractivity contribution in [2.45, 2.75) is 13.8 Å². The van der Waals surface area contributed by atoms with Crippen LogP contribution < -0.4 is 11.1 Å². The van der Waals surface area contributed by atoms with E-state index >= 15 is 0 Å². The smallest absolute Gasteiger partial charge is 0.318 e. The molecule has 5 nitrogen and oxygen atoms in total. The number of carbonyl (C=O) groups excluding carboxylic acids is 2. The number of amides is 3. The molecule has 1 unspecified atom stereocenters. The van der Waals surface area contributed by atoms with E-state index in [2.05, 4.69) is 0 Å². The molecule has 1 atom stereocenters. The summed E-state index contributed by atoms with van der Waals surface area (Å²) < 4.78 is 0. The molecule has 0 radical (unpaired) electrons. The molecule has 0 saturated carbocycles. The molecule has 0 spiro atoms. The molecular weight excluding hydrogens is 158 g/mol. The molecule has 12 heavy (non-hydrogen) atoms. The van der Waals surface area contributed by atoms with Crippen LogP contribution in [0.4, 0.5) is 4.79 Å². The zero-order valence-corrected chi connectivity index (χ0v) is 7.00. The summed E-state index contributed by atoms with van der Waals surface area (Å²) in [4.78, 5) is 21.2. The highest BCUT2D eigenvalue weighted by atomic mass is 16.2. The maximum atomic E-state index is 11.0. The molecule has 0 rings (SSSR count). The molecule has 0 saturated heterocycles. The summed E-state index contributed by atoms with van der Waals surface area (Å²) in [5.74, 6) is -1.59. The molecule has 0 heterocycles. The van der Waals surface area contributed by atoms with Crippen LogP contribution in [-0.2, 0) is 4.79 Å². The largest absolute Gasteiger partial charge is 0.351 e. The highest BCUT2D eigenvalue weighted by molar-refractivity contribution is 5.95. The molecule has 0 aromatic heterocycles. The van der Waals surface area contributed by atoms with Crippen LogP contribution in [0.15, 0.2) is 0 Å². The van der Waals surface area contributed by atoms with Crippen molar-refractivity contribution in [1.29, 1.82) is 5.26 Å². The van der Waals surface area contributed by atoms with Gasteiger partial charge in [-0.2, -0.15) is 5.26 Å². The normalized spacial score (nSPS) is 11.8. The van der Waals surface area contributed by atoms with Crippen molar-refractivity contribution >= 4 is 11.9 Å². The van der Waals surface area contributed by atoms with Crippen LogP contribution in [0.2, 0.25) is 0 Å². The number of nitrogens with one attached hydrogen (secondary N) is 1. The van der Waals surface area contributed by atoms with Crippen molar-refractivity contribution < 1.29 is 9.59 Å². The number of nitrogens with two attached hydrogens (primary N) is 1. The third-order valence-electron chi connectivity index (χ3n) is 1.33. The predicted molar refractivity (Wildman–Crippen MR) is 41.7 cm³/mol. The van der Waals surface area contributed by atoms with Crippen molar-refractivity contribution in [3.05, 3.63) is 0 Å². The third-order valence-corrected chi connectivity index (χ3v) is 1.33.